The minimum atomic E-state index is 0.605. The lowest BCUT2D eigenvalue weighted by molar-refractivity contribution is 0.200. The van der Waals surface area contributed by atoms with E-state index < -0.39 is 0 Å². The van der Waals surface area contributed by atoms with E-state index in [1.807, 2.05) is 0 Å². The Morgan fingerprint density at radius 1 is 1.37 bits per heavy atom. The van der Waals surface area contributed by atoms with Gasteiger partial charge in [-0.2, -0.15) is 0 Å². The third-order valence-corrected chi connectivity index (χ3v) is 4.62. The quantitative estimate of drug-likeness (QED) is 0.862. The van der Waals surface area contributed by atoms with Gasteiger partial charge in [0.15, 0.2) is 0 Å². The number of hydrogen-bond donors (Lipinski definition) is 1. The highest BCUT2D eigenvalue weighted by Gasteiger charge is 2.20. The fourth-order valence-electron chi connectivity index (χ4n) is 2.91. The van der Waals surface area contributed by atoms with Crippen LogP contribution in [0.3, 0.4) is 0 Å². The Labute approximate surface area is 125 Å². The van der Waals surface area contributed by atoms with Gasteiger partial charge < -0.3 is 5.32 Å². The maximum Gasteiger partial charge on any atom is 0.0195 e. The average Bonchev–Trinajstić information content (AvgIpc) is 2.91. The first-order chi connectivity index (χ1) is 9.19. The maximum absolute atomic E-state index is 3.60. The topological polar surface area (TPSA) is 15.3 Å². The molecule has 0 amide bonds. The normalized spacial score (nSPS) is 20.9. The van der Waals surface area contributed by atoms with Crippen molar-refractivity contribution < 1.29 is 0 Å². The molecule has 0 radical (unpaired) electrons. The third-order valence-electron chi connectivity index (χ3n) is 4.09. The monoisotopic (exact) mass is 324 g/mol. The highest BCUT2D eigenvalue weighted by atomic mass is 79.9. The second-order valence-electron chi connectivity index (χ2n) is 5.56. The van der Waals surface area contributed by atoms with Gasteiger partial charge in [-0.15, -0.1) is 0 Å². The van der Waals surface area contributed by atoms with Crippen LogP contribution in [0.2, 0.25) is 0 Å². The van der Waals surface area contributed by atoms with Crippen molar-refractivity contribution in [1.29, 1.82) is 0 Å². The number of hydrogen-bond acceptors (Lipinski definition) is 2. The Kier molecular flexibility index (Phi) is 5.86. The van der Waals surface area contributed by atoms with Crippen LogP contribution in [0.4, 0.5) is 0 Å². The zero-order valence-electron chi connectivity index (χ0n) is 12.0. The Morgan fingerprint density at radius 2 is 2.11 bits per heavy atom. The molecule has 0 bridgehead atoms. The Morgan fingerprint density at radius 3 is 2.68 bits per heavy atom. The fourth-order valence-corrected chi connectivity index (χ4v) is 3.17. The molecular formula is C16H25BrN2. The van der Waals surface area contributed by atoms with Gasteiger partial charge in [-0.05, 0) is 57.0 Å². The molecule has 19 heavy (non-hydrogen) atoms. The molecule has 1 aliphatic rings. The summed E-state index contributed by atoms with van der Waals surface area (Å²) in [6.07, 6.45) is 3.80. The predicted octanol–water partition coefficient (Wildman–Crippen LogP) is 3.45. The van der Waals surface area contributed by atoms with E-state index in [4.69, 9.17) is 0 Å². The van der Waals surface area contributed by atoms with Crippen LogP contribution in [0, 0.1) is 0 Å². The molecule has 2 rings (SSSR count). The molecule has 0 spiro atoms. The van der Waals surface area contributed by atoms with E-state index in [2.05, 4.69) is 64.3 Å². The number of rotatable bonds is 6. The summed E-state index contributed by atoms with van der Waals surface area (Å²) >= 11 is 3.49. The van der Waals surface area contributed by atoms with Gasteiger partial charge >= 0.3 is 0 Å². The molecule has 0 saturated carbocycles. The van der Waals surface area contributed by atoms with Gasteiger partial charge in [0, 0.05) is 23.1 Å². The van der Waals surface area contributed by atoms with E-state index in [9.17, 15) is 0 Å². The van der Waals surface area contributed by atoms with Crippen LogP contribution in [-0.4, -0.2) is 36.6 Å². The van der Waals surface area contributed by atoms with Gasteiger partial charge in [-0.25, -0.2) is 0 Å². The van der Waals surface area contributed by atoms with Gasteiger partial charge in [0.1, 0.15) is 0 Å². The molecule has 1 aromatic rings. The Balaban J connectivity index is 1.88. The zero-order chi connectivity index (χ0) is 13.7. The van der Waals surface area contributed by atoms with Crippen molar-refractivity contribution in [3.05, 3.63) is 34.3 Å². The van der Waals surface area contributed by atoms with Crippen molar-refractivity contribution in [3.8, 4) is 0 Å². The zero-order valence-corrected chi connectivity index (χ0v) is 13.6. The SMILES string of the molecule is CCN(CC1CCCN1)C(C)Cc1ccc(Br)cc1. The first-order valence-electron chi connectivity index (χ1n) is 7.41. The summed E-state index contributed by atoms with van der Waals surface area (Å²) in [7, 11) is 0. The molecule has 2 nitrogen and oxygen atoms in total. The van der Waals surface area contributed by atoms with E-state index in [0.717, 1.165) is 17.4 Å². The summed E-state index contributed by atoms with van der Waals surface area (Å²) < 4.78 is 1.16. The molecule has 106 valence electrons. The number of halogens is 1. The molecular weight excluding hydrogens is 300 g/mol. The lowest BCUT2D eigenvalue weighted by Crippen LogP contribution is -2.43. The van der Waals surface area contributed by atoms with E-state index in [1.54, 1.807) is 0 Å². The van der Waals surface area contributed by atoms with Crippen LogP contribution in [0.5, 0.6) is 0 Å². The van der Waals surface area contributed by atoms with Crippen molar-refractivity contribution in [1.82, 2.24) is 10.2 Å². The molecule has 1 aromatic carbocycles. The van der Waals surface area contributed by atoms with Crippen LogP contribution in [0.15, 0.2) is 28.7 Å². The molecule has 2 unspecified atom stereocenters. The van der Waals surface area contributed by atoms with Gasteiger partial charge in [-0.1, -0.05) is 35.0 Å². The maximum atomic E-state index is 3.60. The number of likely N-dealkylation sites (N-methyl/N-ethyl adjacent to an activating group) is 1. The number of nitrogens with one attached hydrogen (secondary N) is 1. The first-order valence-corrected chi connectivity index (χ1v) is 8.20. The smallest absolute Gasteiger partial charge is 0.0195 e. The highest BCUT2D eigenvalue weighted by molar-refractivity contribution is 9.10. The van der Waals surface area contributed by atoms with Crippen LogP contribution < -0.4 is 5.32 Å². The molecule has 1 fully saturated rings. The minimum Gasteiger partial charge on any atom is -0.313 e. The summed E-state index contributed by atoms with van der Waals surface area (Å²) in [4.78, 5) is 2.60. The number of nitrogens with zero attached hydrogens (tertiary/aromatic N) is 1. The standard InChI is InChI=1S/C16H25BrN2/c1-3-19(12-16-5-4-10-18-16)13(2)11-14-6-8-15(17)9-7-14/h6-9,13,16,18H,3-5,10-12H2,1-2H3. The molecule has 0 aromatic heterocycles. The van der Waals surface area contributed by atoms with E-state index in [-0.39, 0.29) is 0 Å². The second kappa shape index (κ2) is 7.41. The van der Waals surface area contributed by atoms with Crippen LogP contribution in [0.1, 0.15) is 32.3 Å². The highest BCUT2D eigenvalue weighted by Crippen LogP contribution is 2.15. The summed E-state index contributed by atoms with van der Waals surface area (Å²) in [5.74, 6) is 0. The fraction of sp³-hybridized carbons (Fsp3) is 0.625. The summed E-state index contributed by atoms with van der Waals surface area (Å²) in [5, 5.41) is 3.60. The molecule has 0 aliphatic carbocycles. The van der Waals surface area contributed by atoms with Crippen LogP contribution >= 0.6 is 15.9 Å². The van der Waals surface area contributed by atoms with Crippen LogP contribution in [0.25, 0.3) is 0 Å². The third kappa shape index (κ3) is 4.59. The van der Waals surface area contributed by atoms with E-state index in [1.165, 1.54) is 31.5 Å². The predicted molar refractivity (Wildman–Crippen MR) is 85.6 cm³/mol. The van der Waals surface area contributed by atoms with Crippen molar-refractivity contribution in [2.45, 2.75) is 45.2 Å². The van der Waals surface area contributed by atoms with Gasteiger partial charge in [0.05, 0.1) is 0 Å². The van der Waals surface area contributed by atoms with Gasteiger partial charge in [-0.3, -0.25) is 4.90 Å². The first kappa shape index (κ1) is 15.0. The second-order valence-corrected chi connectivity index (χ2v) is 6.48. The van der Waals surface area contributed by atoms with E-state index in [0.29, 0.717) is 12.1 Å². The van der Waals surface area contributed by atoms with Crippen molar-refractivity contribution in [2.24, 2.45) is 0 Å². The van der Waals surface area contributed by atoms with Crippen molar-refractivity contribution in [2.75, 3.05) is 19.6 Å². The van der Waals surface area contributed by atoms with Gasteiger partial charge in [0.2, 0.25) is 0 Å². The van der Waals surface area contributed by atoms with Gasteiger partial charge in [0.25, 0.3) is 0 Å². The molecule has 3 heteroatoms. The lowest BCUT2D eigenvalue weighted by atomic mass is 10.1. The number of benzene rings is 1. The summed E-state index contributed by atoms with van der Waals surface area (Å²) in [6.45, 7) is 8.14. The molecule has 2 atom stereocenters. The Bertz CT molecular complexity index is 371. The van der Waals surface area contributed by atoms with Crippen molar-refractivity contribution in [3.63, 3.8) is 0 Å². The van der Waals surface area contributed by atoms with Crippen LogP contribution in [-0.2, 0) is 6.42 Å². The molecule has 1 heterocycles. The van der Waals surface area contributed by atoms with Crippen molar-refractivity contribution >= 4 is 15.9 Å². The summed E-state index contributed by atoms with van der Waals surface area (Å²) in [5.41, 5.74) is 1.42. The van der Waals surface area contributed by atoms with E-state index >= 15 is 0 Å². The molecule has 1 aliphatic heterocycles. The largest absolute Gasteiger partial charge is 0.313 e. The average molecular weight is 325 g/mol. The summed E-state index contributed by atoms with van der Waals surface area (Å²) in [6, 6.07) is 10.0. The lowest BCUT2D eigenvalue weighted by Gasteiger charge is -2.30. The molecule has 1 N–H and O–H groups in total. The molecule has 1 saturated heterocycles. The Hall–Kier alpha value is -0.380. The minimum absolute atomic E-state index is 0.605.